The number of pyridine rings is 1. The van der Waals surface area contributed by atoms with E-state index in [-0.39, 0.29) is 29.6 Å². The summed E-state index contributed by atoms with van der Waals surface area (Å²) in [7, 11) is 0. The molecule has 13 heteroatoms. The Bertz CT molecular complexity index is 2360. The number of carbonyl (C=O) groups excluding carboxylic acids is 2. The third kappa shape index (κ3) is 5.95. The number of anilines is 3. The van der Waals surface area contributed by atoms with Crippen molar-refractivity contribution in [1.29, 1.82) is 0 Å². The topological polar surface area (TPSA) is 168 Å². The summed E-state index contributed by atoms with van der Waals surface area (Å²) in [5.41, 5.74) is 12.4. The Morgan fingerprint density at radius 3 is 2.53 bits per heavy atom. The molecule has 2 aromatic carbocycles. The smallest absolute Gasteiger partial charge is 0.249 e. The molecule has 53 heavy (non-hydrogen) atoms. The van der Waals surface area contributed by atoms with Gasteiger partial charge in [0.15, 0.2) is 5.82 Å². The Hall–Kier alpha value is -6.11. The van der Waals surface area contributed by atoms with Crippen molar-refractivity contribution in [3.05, 3.63) is 90.4 Å². The third-order valence-electron chi connectivity index (χ3n) is 11.1. The number of unbranched alkanes of at least 4 members (excludes halogenated alkanes) is 1. The van der Waals surface area contributed by atoms with Crippen LogP contribution in [0.25, 0.3) is 33.2 Å². The lowest BCUT2D eigenvalue weighted by atomic mass is 10.0. The van der Waals surface area contributed by atoms with E-state index in [1.165, 1.54) is 5.56 Å². The van der Waals surface area contributed by atoms with Crippen molar-refractivity contribution >= 4 is 51.2 Å². The van der Waals surface area contributed by atoms with Crippen LogP contribution in [0.3, 0.4) is 0 Å². The van der Waals surface area contributed by atoms with Crippen molar-refractivity contribution in [2.75, 3.05) is 28.6 Å². The summed E-state index contributed by atoms with van der Waals surface area (Å²) in [6, 6.07) is 21.4. The van der Waals surface area contributed by atoms with Gasteiger partial charge in [0.25, 0.3) is 0 Å². The maximum atomic E-state index is 12.9. The highest BCUT2D eigenvalue weighted by atomic mass is 16.3. The summed E-state index contributed by atoms with van der Waals surface area (Å²) >= 11 is 0. The molecule has 2 bridgehead atoms. The second-order valence-electron chi connectivity index (χ2n) is 14.3. The first-order valence-electron chi connectivity index (χ1n) is 18.4. The van der Waals surface area contributed by atoms with Crippen LogP contribution in [0.15, 0.2) is 79.1 Å². The van der Waals surface area contributed by atoms with Crippen LogP contribution < -0.4 is 20.9 Å². The fourth-order valence-corrected chi connectivity index (χ4v) is 8.61. The number of nitrogens with zero attached hydrogens (tertiary/aromatic N) is 8. The Morgan fingerprint density at radius 1 is 0.868 bits per heavy atom. The second-order valence-corrected chi connectivity index (χ2v) is 14.3. The molecule has 4 N–H and O–H groups in total. The van der Waals surface area contributed by atoms with Gasteiger partial charge in [0.1, 0.15) is 17.4 Å². The number of phenolic OH excluding ortho intramolecular Hbond substituents is 1. The molecule has 7 heterocycles. The Balaban J connectivity index is 0.881. The van der Waals surface area contributed by atoms with Gasteiger partial charge in [-0.25, -0.2) is 15.0 Å². The molecule has 268 valence electrons. The van der Waals surface area contributed by atoms with Crippen LogP contribution in [0.5, 0.6) is 5.75 Å². The Labute approximate surface area is 305 Å². The number of aromatic nitrogens is 6. The number of piperidine rings is 1. The van der Waals surface area contributed by atoms with Gasteiger partial charge in [0.2, 0.25) is 17.8 Å². The molecule has 0 saturated carbocycles. The number of hydrogen-bond acceptors (Lipinski definition) is 11. The van der Waals surface area contributed by atoms with E-state index >= 15 is 0 Å². The number of piperazine rings is 1. The van der Waals surface area contributed by atoms with E-state index in [2.05, 4.69) is 54.6 Å². The summed E-state index contributed by atoms with van der Waals surface area (Å²) in [5.74, 6) is 0.818. The summed E-state index contributed by atoms with van der Waals surface area (Å²) < 4.78 is 2.02. The van der Waals surface area contributed by atoms with E-state index in [0.29, 0.717) is 29.9 Å². The van der Waals surface area contributed by atoms with Crippen LogP contribution in [0, 0.1) is 0 Å². The van der Waals surface area contributed by atoms with Crippen molar-refractivity contribution in [2.24, 2.45) is 0 Å². The molecule has 0 aliphatic carbocycles. The molecule has 3 atom stereocenters. The number of nitrogen functional groups attached to an aromatic ring is 1. The quantitative estimate of drug-likeness (QED) is 0.135. The van der Waals surface area contributed by atoms with Crippen molar-refractivity contribution in [3.8, 4) is 17.0 Å². The Kier molecular flexibility index (Phi) is 8.32. The molecule has 2 amide bonds. The first-order valence-corrected chi connectivity index (χ1v) is 18.4. The number of nitrogens with two attached hydrogens (primary N) is 1. The number of imide groups is 1. The normalized spacial score (nSPS) is 20.0. The number of benzene rings is 2. The lowest BCUT2D eigenvalue weighted by Crippen LogP contribution is -2.54. The predicted molar refractivity (Wildman–Crippen MR) is 202 cm³/mol. The number of fused-ring (bicyclic) bond motifs is 5. The second kappa shape index (κ2) is 13.5. The summed E-state index contributed by atoms with van der Waals surface area (Å²) in [6.45, 7) is 1.53. The number of amides is 2. The van der Waals surface area contributed by atoms with Gasteiger partial charge in [-0.05, 0) is 93.0 Å². The molecule has 3 aliphatic heterocycles. The Morgan fingerprint density at radius 2 is 1.70 bits per heavy atom. The number of aromatic hydroxyl groups is 1. The number of rotatable bonds is 9. The van der Waals surface area contributed by atoms with Crippen molar-refractivity contribution in [3.63, 3.8) is 0 Å². The first-order chi connectivity index (χ1) is 25.9. The van der Waals surface area contributed by atoms with E-state index < -0.39 is 6.04 Å². The molecule has 3 fully saturated rings. The number of para-hydroxylation sites is 1. The number of phenols is 1. The minimum atomic E-state index is -0.475. The minimum absolute atomic E-state index is 0.157. The lowest BCUT2D eigenvalue weighted by molar-refractivity contribution is -0.135. The van der Waals surface area contributed by atoms with E-state index in [1.807, 2.05) is 41.1 Å². The highest BCUT2D eigenvalue weighted by Gasteiger charge is 2.42. The van der Waals surface area contributed by atoms with E-state index in [1.54, 1.807) is 18.3 Å². The van der Waals surface area contributed by atoms with Gasteiger partial charge in [-0.2, -0.15) is 0 Å². The van der Waals surface area contributed by atoms with E-state index in [9.17, 15) is 14.7 Å². The van der Waals surface area contributed by atoms with Crippen LogP contribution in [-0.4, -0.2) is 71.8 Å². The number of aryl methyl sites for hydroxylation is 2. The maximum Gasteiger partial charge on any atom is 0.249 e. The zero-order valence-electron chi connectivity index (χ0n) is 29.2. The first kappa shape index (κ1) is 32.8. The average Bonchev–Trinajstić information content (AvgIpc) is 3.64. The molecule has 3 aliphatic rings. The third-order valence-corrected chi connectivity index (χ3v) is 11.1. The number of carbonyl (C=O) groups is 2. The van der Waals surface area contributed by atoms with Gasteiger partial charge in [-0.3, -0.25) is 14.9 Å². The molecule has 4 aromatic heterocycles. The molecular weight excluding hydrogens is 669 g/mol. The molecule has 13 nitrogen and oxygen atoms in total. The fourth-order valence-electron chi connectivity index (χ4n) is 8.61. The summed E-state index contributed by atoms with van der Waals surface area (Å²) in [4.78, 5) is 44.0. The van der Waals surface area contributed by atoms with Gasteiger partial charge in [0.05, 0.1) is 16.9 Å². The summed E-state index contributed by atoms with van der Waals surface area (Å²) in [5, 5.41) is 23.6. The molecule has 0 spiro atoms. The van der Waals surface area contributed by atoms with Crippen LogP contribution in [-0.2, 0) is 22.4 Å². The number of hydrogen-bond donors (Lipinski definition) is 3. The van der Waals surface area contributed by atoms with Crippen molar-refractivity contribution in [1.82, 2.24) is 35.0 Å². The van der Waals surface area contributed by atoms with Gasteiger partial charge < -0.3 is 25.2 Å². The lowest BCUT2D eigenvalue weighted by Gasteiger charge is -2.42. The molecule has 0 radical (unpaired) electrons. The van der Waals surface area contributed by atoms with E-state index in [4.69, 9.17) is 15.7 Å². The average molecular weight is 709 g/mol. The SMILES string of the molecule is Nc1nnc(-c2ccccc2O)cc1N1CC2CCC(C1)N2c1nccc(CCCCc2cccc3c2c2cccnc2n3C2CCC(=O)NC2=O)n1. The van der Waals surface area contributed by atoms with Crippen LogP contribution in [0.4, 0.5) is 17.5 Å². The van der Waals surface area contributed by atoms with Crippen molar-refractivity contribution in [2.45, 2.75) is 69.5 Å². The highest BCUT2D eigenvalue weighted by molar-refractivity contribution is 6.10. The van der Waals surface area contributed by atoms with Gasteiger partial charge in [-0.15, -0.1) is 10.2 Å². The van der Waals surface area contributed by atoms with Gasteiger partial charge in [0, 0.05) is 66.0 Å². The predicted octanol–water partition coefficient (Wildman–Crippen LogP) is 5.13. The van der Waals surface area contributed by atoms with Crippen molar-refractivity contribution < 1.29 is 14.7 Å². The molecule has 3 unspecified atom stereocenters. The van der Waals surface area contributed by atoms with Gasteiger partial charge in [-0.1, -0.05) is 24.3 Å². The number of nitrogens with one attached hydrogen (secondary N) is 1. The highest BCUT2D eigenvalue weighted by Crippen LogP contribution is 2.39. The molecular formula is C40H40N10O3. The standard InChI is InChI=1S/C40H40N10O3/c41-37-33(21-30(46-47-37)28-10-3-4-13-34(28)51)48-22-26-14-15-27(23-48)49(26)40-43-20-18-25(44-40)9-2-1-7-24-8-5-12-31-36(24)29-11-6-19-42-38(29)50(31)32-16-17-35(52)45-39(32)53/h3-6,8,10-13,18-21,26-27,32,51H,1-2,7,9,14-17,22-23H2,(H2,41,47)(H,45,52,53). The largest absolute Gasteiger partial charge is 0.507 e. The zero-order chi connectivity index (χ0) is 36.1. The van der Waals surface area contributed by atoms with Crippen LogP contribution >= 0.6 is 0 Å². The fraction of sp³-hybridized carbons (Fsp3) is 0.325. The van der Waals surface area contributed by atoms with Crippen LogP contribution in [0.2, 0.25) is 0 Å². The minimum Gasteiger partial charge on any atom is -0.507 e. The molecule has 6 aromatic rings. The van der Waals surface area contributed by atoms with E-state index in [0.717, 1.165) is 90.9 Å². The molecule has 9 rings (SSSR count). The van der Waals surface area contributed by atoms with Gasteiger partial charge >= 0.3 is 0 Å². The van der Waals surface area contributed by atoms with Crippen LogP contribution in [0.1, 0.15) is 55.8 Å². The zero-order valence-corrected chi connectivity index (χ0v) is 29.2. The maximum absolute atomic E-state index is 12.9. The monoisotopic (exact) mass is 708 g/mol. The molecule has 3 saturated heterocycles. The summed E-state index contributed by atoms with van der Waals surface area (Å²) in [6.07, 6.45) is 10.1.